The monoisotopic (exact) mass is 331 g/mol. The molecule has 0 bridgehead atoms. The van der Waals surface area contributed by atoms with Crippen LogP contribution in [-0.2, 0) is 7.05 Å². The van der Waals surface area contributed by atoms with Crippen LogP contribution in [0.15, 0.2) is 12.4 Å². The van der Waals surface area contributed by atoms with E-state index in [1.807, 2.05) is 7.05 Å². The Morgan fingerprint density at radius 1 is 1.42 bits per heavy atom. The van der Waals surface area contributed by atoms with Gasteiger partial charge in [-0.1, -0.05) is 0 Å². The van der Waals surface area contributed by atoms with E-state index >= 15 is 0 Å². The van der Waals surface area contributed by atoms with Gasteiger partial charge in [0.25, 0.3) is 0 Å². The number of nitrogens with one attached hydrogen (secondary N) is 1. The third-order valence-electron chi connectivity index (χ3n) is 4.51. The molecule has 0 spiro atoms. The number of carbonyl (C=O) groups is 1. The van der Waals surface area contributed by atoms with Crippen LogP contribution in [0.2, 0.25) is 0 Å². The lowest BCUT2D eigenvalue weighted by molar-refractivity contribution is 0.0689. The predicted octanol–water partition coefficient (Wildman–Crippen LogP) is 1.46. The summed E-state index contributed by atoms with van der Waals surface area (Å²) in [5.41, 5.74) is 0.482. The number of carboxylic acids is 1. The summed E-state index contributed by atoms with van der Waals surface area (Å²) in [7, 11) is 1.81. The Kier molecular flexibility index (Phi) is 4.48. The third-order valence-corrected chi connectivity index (χ3v) is 4.51. The highest BCUT2D eigenvalue weighted by Crippen LogP contribution is 2.29. The Hall–Kier alpha value is -2.48. The lowest BCUT2D eigenvalue weighted by Gasteiger charge is -2.17. The van der Waals surface area contributed by atoms with E-state index in [0.717, 1.165) is 19.3 Å². The van der Waals surface area contributed by atoms with Gasteiger partial charge in [0.2, 0.25) is 0 Å². The van der Waals surface area contributed by atoms with Crippen molar-refractivity contribution >= 4 is 11.8 Å². The van der Waals surface area contributed by atoms with Crippen LogP contribution in [0.4, 0.5) is 5.82 Å². The van der Waals surface area contributed by atoms with Crippen molar-refractivity contribution in [3.05, 3.63) is 23.7 Å². The van der Waals surface area contributed by atoms with Gasteiger partial charge in [0, 0.05) is 37.7 Å². The molecule has 3 rings (SSSR count). The van der Waals surface area contributed by atoms with Crippen LogP contribution in [-0.4, -0.2) is 48.4 Å². The first-order valence-electron chi connectivity index (χ1n) is 7.96. The van der Waals surface area contributed by atoms with Gasteiger partial charge in [-0.15, -0.1) is 0 Å². The van der Waals surface area contributed by atoms with Crippen molar-refractivity contribution < 1.29 is 15.0 Å². The van der Waals surface area contributed by atoms with Crippen LogP contribution in [0.5, 0.6) is 0 Å². The second-order valence-electron chi connectivity index (χ2n) is 6.24. The number of aliphatic hydroxyl groups excluding tert-OH is 1. The van der Waals surface area contributed by atoms with Gasteiger partial charge in [-0.25, -0.2) is 19.7 Å². The van der Waals surface area contributed by atoms with E-state index in [1.54, 1.807) is 23.9 Å². The summed E-state index contributed by atoms with van der Waals surface area (Å²) in [6.07, 6.45) is 6.11. The number of imidazole rings is 1. The number of aryl methyl sites for hydroxylation is 1. The third kappa shape index (κ3) is 3.09. The first kappa shape index (κ1) is 16.4. The second-order valence-corrected chi connectivity index (χ2v) is 6.24. The minimum Gasteiger partial charge on any atom is -0.476 e. The molecule has 1 saturated carbocycles. The highest BCUT2D eigenvalue weighted by Gasteiger charge is 2.26. The quantitative estimate of drug-likeness (QED) is 0.760. The van der Waals surface area contributed by atoms with Gasteiger partial charge in [-0.2, -0.15) is 0 Å². The normalized spacial score (nSPS) is 20.3. The Labute approximate surface area is 139 Å². The van der Waals surface area contributed by atoms with E-state index in [2.05, 4.69) is 20.3 Å². The number of hydrogen-bond acceptors (Lipinski definition) is 6. The van der Waals surface area contributed by atoms with Gasteiger partial charge in [0.05, 0.1) is 0 Å². The van der Waals surface area contributed by atoms with Gasteiger partial charge >= 0.3 is 5.97 Å². The maximum Gasteiger partial charge on any atom is 0.354 e. The SMILES string of the molecule is Cc1c(N[C@@H]2CC[C@H](CO)C2)nc(-c2nccn2C)nc1C(=O)O. The zero-order chi connectivity index (χ0) is 17.3. The van der Waals surface area contributed by atoms with Crippen molar-refractivity contribution in [1.29, 1.82) is 0 Å². The Balaban J connectivity index is 1.97. The van der Waals surface area contributed by atoms with Crippen LogP contribution >= 0.6 is 0 Å². The van der Waals surface area contributed by atoms with Crippen molar-refractivity contribution in [2.45, 2.75) is 32.2 Å². The molecule has 0 unspecified atom stereocenters. The fourth-order valence-electron chi connectivity index (χ4n) is 3.11. The Morgan fingerprint density at radius 2 is 2.21 bits per heavy atom. The average Bonchev–Trinajstić information content (AvgIpc) is 3.17. The molecular weight excluding hydrogens is 310 g/mol. The number of aromatic nitrogens is 4. The minimum absolute atomic E-state index is 0.0257. The van der Waals surface area contributed by atoms with Crippen LogP contribution in [0.1, 0.15) is 35.3 Å². The summed E-state index contributed by atoms with van der Waals surface area (Å²) in [6, 6.07) is 0.173. The molecule has 0 saturated heterocycles. The van der Waals surface area contributed by atoms with E-state index in [1.165, 1.54) is 0 Å². The fraction of sp³-hybridized carbons (Fsp3) is 0.500. The van der Waals surface area contributed by atoms with Crippen LogP contribution in [0.3, 0.4) is 0 Å². The van der Waals surface area contributed by atoms with Gasteiger partial charge in [0.15, 0.2) is 17.3 Å². The molecule has 1 aliphatic carbocycles. The zero-order valence-corrected chi connectivity index (χ0v) is 13.7. The lowest BCUT2D eigenvalue weighted by atomic mass is 10.1. The zero-order valence-electron chi connectivity index (χ0n) is 13.7. The molecule has 2 atom stereocenters. The van der Waals surface area contributed by atoms with Crippen LogP contribution in [0, 0.1) is 12.8 Å². The van der Waals surface area contributed by atoms with Crippen molar-refractivity contribution in [3.8, 4) is 11.6 Å². The summed E-state index contributed by atoms with van der Waals surface area (Å²) >= 11 is 0. The van der Waals surface area contributed by atoms with Crippen molar-refractivity contribution in [1.82, 2.24) is 19.5 Å². The summed E-state index contributed by atoms with van der Waals surface area (Å²) < 4.78 is 1.75. The summed E-state index contributed by atoms with van der Waals surface area (Å²) in [5.74, 6) is 0.513. The Morgan fingerprint density at radius 3 is 2.79 bits per heavy atom. The molecule has 2 aromatic rings. The maximum atomic E-state index is 11.5. The van der Waals surface area contributed by atoms with E-state index in [9.17, 15) is 15.0 Å². The number of hydrogen-bond donors (Lipinski definition) is 3. The topological polar surface area (TPSA) is 113 Å². The van der Waals surface area contributed by atoms with Crippen LogP contribution in [0.25, 0.3) is 11.6 Å². The van der Waals surface area contributed by atoms with E-state index in [0.29, 0.717) is 17.2 Å². The smallest absolute Gasteiger partial charge is 0.354 e. The number of anilines is 1. The molecule has 0 aliphatic heterocycles. The molecule has 1 fully saturated rings. The fourth-order valence-corrected chi connectivity index (χ4v) is 3.11. The molecule has 0 radical (unpaired) electrons. The predicted molar refractivity (Wildman–Crippen MR) is 87.8 cm³/mol. The van der Waals surface area contributed by atoms with E-state index < -0.39 is 5.97 Å². The molecule has 3 N–H and O–H groups in total. The molecule has 128 valence electrons. The molecule has 8 heteroatoms. The van der Waals surface area contributed by atoms with E-state index in [-0.39, 0.29) is 30.1 Å². The van der Waals surface area contributed by atoms with Crippen LogP contribution < -0.4 is 5.32 Å². The number of rotatable bonds is 5. The molecule has 1 aliphatic rings. The highest BCUT2D eigenvalue weighted by atomic mass is 16.4. The second kappa shape index (κ2) is 6.56. The molecular formula is C16H21N5O3. The molecule has 2 aromatic heterocycles. The lowest BCUT2D eigenvalue weighted by Crippen LogP contribution is -2.20. The number of carboxylic acid groups (broad SMARTS) is 1. The van der Waals surface area contributed by atoms with Gasteiger partial charge in [0.1, 0.15) is 5.82 Å². The molecule has 8 nitrogen and oxygen atoms in total. The van der Waals surface area contributed by atoms with Gasteiger partial charge in [-0.3, -0.25) is 0 Å². The molecule has 0 amide bonds. The van der Waals surface area contributed by atoms with Crippen molar-refractivity contribution in [2.24, 2.45) is 13.0 Å². The summed E-state index contributed by atoms with van der Waals surface area (Å²) in [4.78, 5) is 24.4. The summed E-state index contributed by atoms with van der Waals surface area (Å²) in [6.45, 7) is 1.88. The Bertz CT molecular complexity index is 758. The first-order chi connectivity index (χ1) is 11.5. The first-order valence-corrected chi connectivity index (χ1v) is 7.96. The molecule has 2 heterocycles. The van der Waals surface area contributed by atoms with Gasteiger partial charge < -0.3 is 20.1 Å². The van der Waals surface area contributed by atoms with Crippen molar-refractivity contribution in [2.75, 3.05) is 11.9 Å². The molecule has 24 heavy (non-hydrogen) atoms. The van der Waals surface area contributed by atoms with Crippen molar-refractivity contribution in [3.63, 3.8) is 0 Å². The number of aromatic carboxylic acids is 1. The summed E-state index contributed by atoms with van der Waals surface area (Å²) in [5, 5.41) is 22.1. The minimum atomic E-state index is -1.09. The number of nitrogens with zero attached hydrogens (tertiary/aromatic N) is 4. The largest absolute Gasteiger partial charge is 0.476 e. The average molecular weight is 331 g/mol. The molecule has 0 aromatic carbocycles. The van der Waals surface area contributed by atoms with E-state index in [4.69, 9.17) is 0 Å². The van der Waals surface area contributed by atoms with Gasteiger partial charge in [-0.05, 0) is 32.1 Å². The highest BCUT2D eigenvalue weighted by molar-refractivity contribution is 5.89. The maximum absolute atomic E-state index is 11.5. The number of aliphatic hydroxyl groups is 1. The standard InChI is InChI=1S/C16H21N5O3/c1-9-12(16(23)24)19-14(15-17-5-6-21(15)2)20-13(9)18-11-4-3-10(7-11)8-22/h5-6,10-11,22H,3-4,7-8H2,1-2H3,(H,23,24)(H,18,19,20)/t10-,11+/m0/s1.